The number of benzene rings is 2. The molecule has 0 radical (unpaired) electrons. The summed E-state index contributed by atoms with van der Waals surface area (Å²) in [5.74, 6) is 1.79. The molecule has 0 aliphatic heterocycles. The van der Waals surface area contributed by atoms with Gasteiger partial charge in [-0.05, 0) is 28.7 Å². The molecule has 0 fully saturated rings. The van der Waals surface area contributed by atoms with E-state index < -0.39 is 0 Å². The summed E-state index contributed by atoms with van der Waals surface area (Å²) in [6, 6.07) is 16.0. The normalized spacial score (nSPS) is 11.4. The van der Waals surface area contributed by atoms with E-state index >= 15 is 0 Å². The van der Waals surface area contributed by atoms with E-state index in [1.54, 1.807) is 7.11 Å². The van der Waals surface area contributed by atoms with Gasteiger partial charge in [-0.25, -0.2) is 0 Å². The summed E-state index contributed by atoms with van der Waals surface area (Å²) in [5, 5.41) is 12.2. The van der Waals surface area contributed by atoms with E-state index in [0.29, 0.717) is 11.7 Å². The van der Waals surface area contributed by atoms with Crippen molar-refractivity contribution in [3.63, 3.8) is 0 Å². The minimum absolute atomic E-state index is 0.0538. The maximum Gasteiger partial charge on any atom is 0.230 e. The fraction of sp³-hybridized carbons (Fsp3) is 0.348. The Hall–Kier alpha value is -2.80. The summed E-state index contributed by atoms with van der Waals surface area (Å²) in [5.41, 5.74) is 3.38. The van der Waals surface area contributed by atoms with E-state index in [9.17, 15) is 4.79 Å². The highest BCUT2D eigenvalue weighted by Crippen LogP contribution is 2.27. The zero-order valence-electron chi connectivity index (χ0n) is 18.1. The van der Waals surface area contributed by atoms with Crippen LogP contribution in [-0.2, 0) is 23.8 Å². The Kier molecular flexibility index (Phi) is 6.82. The van der Waals surface area contributed by atoms with Gasteiger partial charge in [0.05, 0.1) is 12.9 Å². The van der Waals surface area contributed by atoms with E-state index in [0.717, 1.165) is 22.7 Å². The highest BCUT2D eigenvalue weighted by Gasteiger charge is 2.16. The van der Waals surface area contributed by atoms with Gasteiger partial charge in [-0.1, -0.05) is 68.9 Å². The number of ether oxygens (including phenoxy) is 1. The molecule has 3 aromatic rings. The third-order valence-electron chi connectivity index (χ3n) is 4.80. The second-order valence-corrected chi connectivity index (χ2v) is 9.05. The highest BCUT2D eigenvalue weighted by atomic mass is 32.2. The van der Waals surface area contributed by atoms with Crippen LogP contribution >= 0.6 is 11.8 Å². The fourth-order valence-corrected chi connectivity index (χ4v) is 3.72. The number of thioether (sulfide) groups is 1. The van der Waals surface area contributed by atoms with Crippen molar-refractivity contribution in [2.75, 3.05) is 12.9 Å². The summed E-state index contributed by atoms with van der Waals surface area (Å²) in [7, 11) is 3.55. The molecule has 3 rings (SSSR count). The summed E-state index contributed by atoms with van der Waals surface area (Å²) in [6.07, 6.45) is 0. The molecule has 0 spiro atoms. The lowest BCUT2D eigenvalue weighted by Crippen LogP contribution is -2.24. The first-order valence-corrected chi connectivity index (χ1v) is 10.8. The van der Waals surface area contributed by atoms with Crippen LogP contribution in [0.4, 0.5) is 0 Å². The largest absolute Gasteiger partial charge is 0.497 e. The Morgan fingerprint density at radius 3 is 2.53 bits per heavy atom. The number of rotatable bonds is 7. The maximum absolute atomic E-state index is 12.2. The van der Waals surface area contributed by atoms with Crippen LogP contribution in [0.25, 0.3) is 11.4 Å². The first kappa shape index (κ1) is 21.9. The van der Waals surface area contributed by atoms with Gasteiger partial charge in [0.15, 0.2) is 11.0 Å². The lowest BCUT2D eigenvalue weighted by Gasteiger charge is -2.19. The van der Waals surface area contributed by atoms with Crippen molar-refractivity contribution >= 4 is 17.7 Å². The van der Waals surface area contributed by atoms with E-state index in [2.05, 4.69) is 60.6 Å². The van der Waals surface area contributed by atoms with Crippen LogP contribution in [0.1, 0.15) is 31.9 Å². The monoisotopic (exact) mass is 424 g/mol. The molecule has 0 saturated heterocycles. The van der Waals surface area contributed by atoms with Gasteiger partial charge in [0.1, 0.15) is 5.75 Å². The van der Waals surface area contributed by atoms with Gasteiger partial charge in [-0.3, -0.25) is 4.79 Å². The summed E-state index contributed by atoms with van der Waals surface area (Å²) in [4.78, 5) is 12.2. The number of hydrogen-bond donors (Lipinski definition) is 1. The molecule has 0 aliphatic carbocycles. The average Bonchev–Trinajstić information content (AvgIpc) is 3.10. The van der Waals surface area contributed by atoms with E-state index in [4.69, 9.17) is 4.74 Å². The number of hydrogen-bond acceptors (Lipinski definition) is 5. The average molecular weight is 425 g/mol. The molecule has 7 heteroatoms. The van der Waals surface area contributed by atoms with Crippen LogP contribution < -0.4 is 10.1 Å². The molecule has 30 heavy (non-hydrogen) atoms. The highest BCUT2D eigenvalue weighted by molar-refractivity contribution is 7.99. The standard InChI is InChI=1S/C23H28N4O2S/c1-23(2,3)18-11-9-17(10-12-18)21-25-26-22(27(21)4)30-15-20(28)24-14-16-7-6-8-19(13-16)29-5/h6-13H,14-15H2,1-5H3,(H,24,28). The zero-order valence-corrected chi connectivity index (χ0v) is 18.9. The van der Waals surface area contributed by atoms with Crippen LogP contribution in [0.15, 0.2) is 53.7 Å². The number of nitrogens with zero attached hydrogens (tertiary/aromatic N) is 3. The number of carbonyl (C=O) groups is 1. The van der Waals surface area contributed by atoms with Gasteiger partial charge in [0, 0.05) is 19.2 Å². The maximum atomic E-state index is 12.2. The molecule has 1 heterocycles. The smallest absolute Gasteiger partial charge is 0.230 e. The van der Waals surface area contributed by atoms with Crippen molar-refractivity contribution in [2.24, 2.45) is 7.05 Å². The van der Waals surface area contributed by atoms with E-state index in [-0.39, 0.29) is 17.1 Å². The zero-order chi connectivity index (χ0) is 21.7. The number of carbonyl (C=O) groups excluding carboxylic acids is 1. The van der Waals surface area contributed by atoms with Crippen molar-refractivity contribution in [3.05, 3.63) is 59.7 Å². The molecule has 1 aromatic heterocycles. The molecule has 2 aromatic carbocycles. The Morgan fingerprint density at radius 2 is 1.87 bits per heavy atom. The van der Waals surface area contributed by atoms with Gasteiger partial charge >= 0.3 is 0 Å². The lowest BCUT2D eigenvalue weighted by molar-refractivity contribution is -0.118. The van der Waals surface area contributed by atoms with E-state index in [1.807, 2.05) is 35.9 Å². The van der Waals surface area contributed by atoms with Gasteiger partial charge in [-0.2, -0.15) is 0 Å². The predicted octanol–water partition coefficient (Wildman–Crippen LogP) is 4.20. The Morgan fingerprint density at radius 1 is 1.13 bits per heavy atom. The van der Waals surface area contributed by atoms with Crippen molar-refractivity contribution in [1.29, 1.82) is 0 Å². The van der Waals surface area contributed by atoms with Crippen LogP contribution in [0, 0.1) is 0 Å². The molecule has 6 nitrogen and oxygen atoms in total. The van der Waals surface area contributed by atoms with Crippen LogP contribution in [0.5, 0.6) is 5.75 Å². The molecule has 0 bridgehead atoms. The van der Waals surface area contributed by atoms with Crippen LogP contribution in [0.2, 0.25) is 0 Å². The summed E-state index contributed by atoms with van der Waals surface area (Å²) in [6.45, 7) is 7.04. The van der Waals surface area contributed by atoms with Gasteiger partial charge < -0.3 is 14.6 Å². The molecule has 0 unspecified atom stereocenters. The third-order valence-corrected chi connectivity index (χ3v) is 5.82. The minimum Gasteiger partial charge on any atom is -0.497 e. The summed E-state index contributed by atoms with van der Waals surface area (Å²) < 4.78 is 7.13. The summed E-state index contributed by atoms with van der Waals surface area (Å²) >= 11 is 1.37. The van der Waals surface area contributed by atoms with Crippen molar-refractivity contribution in [3.8, 4) is 17.1 Å². The van der Waals surface area contributed by atoms with Gasteiger partial charge in [-0.15, -0.1) is 10.2 Å². The molecular weight excluding hydrogens is 396 g/mol. The van der Waals surface area contributed by atoms with Crippen LogP contribution in [0.3, 0.4) is 0 Å². The Bertz CT molecular complexity index is 1010. The van der Waals surface area contributed by atoms with Crippen molar-refractivity contribution in [1.82, 2.24) is 20.1 Å². The van der Waals surface area contributed by atoms with Crippen molar-refractivity contribution < 1.29 is 9.53 Å². The fourth-order valence-electron chi connectivity index (χ4n) is 2.98. The number of nitrogens with one attached hydrogen (secondary N) is 1. The second-order valence-electron chi connectivity index (χ2n) is 8.11. The number of aromatic nitrogens is 3. The molecular formula is C23H28N4O2S. The third kappa shape index (κ3) is 5.42. The number of methoxy groups -OCH3 is 1. The van der Waals surface area contributed by atoms with Gasteiger partial charge in [0.2, 0.25) is 5.91 Å². The van der Waals surface area contributed by atoms with E-state index in [1.165, 1.54) is 17.3 Å². The van der Waals surface area contributed by atoms with Crippen LogP contribution in [-0.4, -0.2) is 33.5 Å². The Labute approximate surface area is 182 Å². The molecule has 1 N–H and O–H groups in total. The topological polar surface area (TPSA) is 69.0 Å². The molecule has 0 atom stereocenters. The first-order valence-electron chi connectivity index (χ1n) is 9.80. The van der Waals surface area contributed by atoms with Gasteiger partial charge in [0.25, 0.3) is 0 Å². The lowest BCUT2D eigenvalue weighted by atomic mass is 9.87. The predicted molar refractivity (Wildman–Crippen MR) is 121 cm³/mol. The van der Waals surface area contributed by atoms with Crippen molar-refractivity contribution in [2.45, 2.75) is 37.9 Å². The second kappa shape index (κ2) is 9.34. The number of amides is 1. The minimum atomic E-state index is -0.0538. The molecule has 0 saturated carbocycles. The quantitative estimate of drug-likeness (QED) is 0.576. The molecule has 0 aliphatic rings. The first-order chi connectivity index (χ1) is 14.3. The Balaban J connectivity index is 1.57. The SMILES string of the molecule is COc1cccc(CNC(=O)CSc2nnc(-c3ccc(C(C)(C)C)cc3)n2C)c1. The molecule has 1 amide bonds. The molecule has 158 valence electrons.